The minimum atomic E-state index is 0.879. The number of hydrogen-bond acceptors (Lipinski definition) is 1. The molecule has 2 saturated heterocycles. The zero-order valence-corrected chi connectivity index (χ0v) is 17.6. The number of hydrogen-bond donors (Lipinski definition) is 0. The molecule has 2 aliphatic rings. The summed E-state index contributed by atoms with van der Waals surface area (Å²) in [5.41, 5.74) is 0. The highest BCUT2D eigenvalue weighted by Gasteiger charge is 2.37. The summed E-state index contributed by atoms with van der Waals surface area (Å²) in [6.07, 6.45) is 18.6. The van der Waals surface area contributed by atoms with Gasteiger partial charge in [-0.2, -0.15) is 0 Å². The maximum absolute atomic E-state index is 2.75. The van der Waals surface area contributed by atoms with Gasteiger partial charge in [-0.1, -0.05) is 119 Å². The summed E-state index contributed by atoms with van der Waals surface area (Å²) in [6, 6.07) is 11.1. The smallest absolute Gasteiger partial charge is 0.105 e. The summed E-state index contributed by atoms with van der Waals surface area (Å²) in [5.74, 6) is 4.72. The highest BCUT2D eigenvalue weighted by atomic mass is 32.2. The first-order valence-electron chi connectivity index (χ1n) is 11.3. The van der Waals surface area contributed by atoms with E-state index in [4.69, 9.17) is 0 Å². The average molecular weight is 368 g/mol. The molecule has 0 amide bonds. The number of allylic oxidation sites excluding steroid dienone is 1. The van der Waals surface area contributed by atoms with Crippen LogP contribution < -0.4 is 0 Å². The fraction of sp³-hybridized carbons (Fsp3) is 0.667. The summed E-state index contributed by atoms with van der Waals surface area (Å²) in [5, 5.41) is 0. The molecule has 0 radical (unpaired) electrons. The number of rotatable bonds is 10. The molecule has 0 nitrogen and oxygen atoms in total. The third-order valence-corrected chi connectivity index (χ3v) is 7.65. The van der Waals surface area contributed by atoms with Crippen LogP contribution in [0.1, 0.15) is 90.4 Å². The summed E-state index contributed by atoms with van der Waals surface area (Å²) < 4.78 is 0. The van der Waals surface area contributed by atoms with Crippen molar-refractivity contribution in [3.05, 3.63) is 41.2 Å². The van der Waals surface area contributed by atoms with Gasteiger partial charge in [-0.25, -0.2) is 0 Å². The van der Waals surface area contributed by atoms with Gasteiger partial charge in [0.05, 0.1) is 0 Å². The highest BCUT2D eigenvalue weighted by Crippen LogP contribution is 2.48. The Morgan fingerprint density at radius 3 is 2.19 bits per heavy atom. The molecule has 0 aliphatic carbocycles. The van der Waals surface area contributed by atoms with Crippen molar-refractivity contribution >= 4 is 18.5 Å². The highest BCUT2D eigenvalue weighted by molar-refractivity contribution is 8.03. The number of thioether (sulfide) groups is 1. The van der Waals surface area contributed by atoms with Gasteiger partial charge < -0.3 is 0 Å². The summed E-state index contributed by atoms with van der Waals surface area (Å²) in [7, 11) is 0. The lowest BCUT2D eigenvalue weighted by atomic mass is 9.27. The van der Waals surface area contributed by atoms with Gasteiger partial charge in [-0.3, -0.25) is 0 Å². The predicted octanol–water partition coefficient (Wildman–Crippen LogP) is 8.56. The molecule has 0 spiro atoms. The van der Waals surface area contributed by atoms with Crippen molar-refractivity contribution in [3.63, 3.8) is 0 Å². The Labute approximate surface area is 166 Å². The van der Waals surface area contributed by atoms with Gasteiger partial charge in [-0.05, 0) is 29.9 Å². The molecule has 2 fully saturated rings. The van der Waals surface area contributed by atoms with E-state index in [1.165, 1.54) is 88.4 Å². The molecule has 0 unspecified atom stereocenters. The molecule has 142 valence electrons. The SMILES string of the molecule is CCCCCCCC/C(=C\B1C2CCCC1CCC2)Sc1ccccc1. The van der Waals surface area contributed by atoms with Crippen molar-refractivity contribution < 1.29 is 0 Å². The maximum atomic E-state index is 2.75. The average Bonchev–Trinajstić information content (AvgIpc) is 2.65. The van der Waals surface area contributed by atoms with E-state index in [1.54, 1.807) is 4.91 Å². The largest absolute Gasteiger partial charge is 0.173 e. The fourth-order valence-corrected chi connectivity index (χ4v) is 6.17. The summed E-state index contributed by atoms with van der Waals surface area (Å²) >= 11 is 2.05. The lowest BCUT2D eigenvalue weighted by molar-refractivity contribution is 0.447. The molecule has 2 aliphatic heterocycles. The van der Waals surface area contributed by atoms with Crippen molar-refractivity contribution in [1.82, 2.24) is 0 Å². The quantitative estimate of drug-likeness (QED) is 0.226. The summed E-state index contributed by atoms with van der Waals surface area (Å²) in [6.45, 7) is 3.18. The second kappa shape index (κ2) is 11.3. The van der Waals surface area contributed by atoms with Gasteiger partial charge >= 0.3 is 0 Å². The van der Waals surface area contributed by atoms with E-state index in [0.717, 1.165) is 18.3 Å². The van der Waals surface area contributed by atoms with E-state index >= 15 is 0 Å². The second-order valence-electron chi connectivity index (χ2n) is 8.53. The monoisotopic (exact) mass is 368 g/mol. The molecule has 0 saturated carbocycles. The van der Waals surface area contributed by atoms with Crippen LogP contribution in [-0.4, -0.2) is 6.71 Å². The number of fused-ring (bicyclic) bond motifs is 2. The van der Waals surface area contributed by atoms with Gasteiger partial charge in [0.25, 0.3) is 0 Å². The van der Waals surface area contributed by atoms with Crippen LogP contribution >= 0.6 is 11.8 Å². The van der Waals surface area contributed by atoms with Gasteiger partial charge in [-0.15, -0.1) is 5.98 Å². The molecule has 26 heavy (non-hydrogen) atoms. The van der Waals surface area contributed by atoms with Crippen LogP contribution in [0.3, 0.4) is 0 Å². The van der Waals surface area contributed by atoms with Crippen LogP contribution in [0.5, 0.6) is 0 Å². The van der Waals surface area contributed by atoms with E-state index in [2.05, 4.69) is 55.0 Å². The molecule has 1 aromatic rings. The van der Waals surface area contributed by atoms with Crippen LogP contribution in [0.4, 0.5) is 0 Å². The fourth-order valence-electron chi connectivity index (χ4n) is 5.10. The van der Waals surface area contributed by atoms with Gasteiger partial charge in [0.2, 0.25) is 0 Å². The number of unbranched alkanes of at least 4 members (excludes halogenated alkanes) is 5. The first kappa shape index (κ1) is 20.1. The van der Waals surface area contributed by atoms with Crippen LogP contribution in [0, 0.1) is 0 Å². The molecule has 1 aromatic carbocycles. The normalized spacial score (nSPS) is 23.3. The Morgan fingerprint density at radius 2 is 1.54 bits per heavy atom. The van der Waals surface area contributed by atoms with Gasteiger partial charge in [0, 0.05) is 4.90 Å². The van der Waals surface area contributed by atoms with Crippen molar-refractivity contribution in [2.75, 3.05) is 0 Å². The molecule has 2 heterocycles. The number of benzene rings is 1. The lowest BCUT2D eigenvalue weighted by Gasteiger charge is -2.39. The van der Waals surface area contributed by atoms with Crippen LogP contribution in [0.2, 0.25) is 11.6 Å². The van der Waals surface area contributed by atoms with E-state index in [-0.39, 0.29) is 0 Å². The second-order valence-corrected chi connectivity index (χ2v) is 9.73. The Kier molecular flexibility index (Phi) is 8.72. The van der Waals surface area contributed by atoms with E-state index in [0.29, 0.717) is 0 Å². The van der Waals surface area contributed by atoms with Crippen molar-refractivity contribution in [2.45, 2.75) is 107 Å². The maximum Gasteiger partial charge on any atom is 0.173 e. The molecular formula is C24H37BS. The van der Waals surface area contributed by atoms with Crippen LogP contribution in [-0.2, 0) is 0 Å². The standard InChI is InChI=1S/C24H37BS/c1-2-3-4-5-6-8-19-24(26-23-17-9-7-10-18-23)20-25-21-13-11-14-22(25)16-12-15-21/h7,9-10,17-18,20-22H,2-6,8,11-16,19H2,1H3/b24-20+. The Hall–Kier alpha value is -0.625. The predicted molar refractivity (Wildman–Crippen MR) is 119 cm³/mol. The topological polar surface area (TPSA) is 0 Å². The Bertz CT molecular complexity index is 516. The van der Waals surface area contributed by atoms with Crippen LogP contribution in [0.25, 0.3) is 0 Å². The molecule has 0 N–H and O–H groups in total. The third-order valence-electron chi connectivity index (χ3n) is 6.54. The van der Waals surface area contributed by atoms with E-state index in [1.807, 2.05) is 0 Å². The molecule has 0 atom stereocenters. The Balaban J connectivity index is 1.61. The zero-order chi connectivity index (χ0) is 18.0. The molecule has 2 bridgehead atoms. The first-order valence-corrected chi connectivity index (χ1v) is 12.1. The third kappa shape index (κ3) is 6.22. The zero-order valence-electron chi connectivity index (χ0n) is 16.8. The molecular weight excluding hydrogens is 331 g/mol. The minimum Gasteiger partial charge on any atom is -0.105 e. The Morgan fingerprint density at radius 1 is 0.923 bits per heavy atom. The lowest BCUT2D eigenvalue weighted by Crippen LogP contribution is -2.33. The van der Waals surface area contributed by atoms with Crippen LogP contribution in [0.15, 0.2) is 46.1 Å². The first-order chi connectivity index (χ1) is 12.9. The van der Waals surface area contributed by atoms with Crippen molar-refractivity contribution in [3.8, 4) is 0 Å². The van der Waals surface area contributed by atoms with Crippen molar-refractivity contribution in [2.24, 2.45) is 0 Å². The van der Waals surface area contributed by atoms with Crippen molar-refractivity contribution in [1.29, 1.82) is 0 Å². The molecule has 3 rings (SSSR count). The molecule has 0 aromatic heterocycles. The van der Waals surface area contributed by atoms with E-state index in [9.17, 15) is 0 Å². The van der Waals surface area contributed by atoms with E-state index < -0.39 is 0 Å². The van der Waals surface area contributed by atoms with Gasteiger partial charge in [0.1, 0.15) is 0 Å². The summed E-state index contributed by atoms with van der Waals surface area (Å²) in [4.78, 5) is 3.08. The van der Waals surface area contributed by atoms with Gasteiger partial charge in [0.15, 0.2) is 6.71 Å². The molecule has 2 heteroatoms. The minimum absolute atomic E-state index is 0.879.